The van der Waals surface area contributed by atoms with Gasteiger partial charge in [-0.25, -0.2) is 0 Å². The van der Waals surface area contributed by atoms with E-state index >= 15 is 79.0 Å². The zero-order valence-corrected chi connectivity index (χ0v) is 68.0. The summed E-state index contributed by atoms with van der Waals surface area (Å²) in [5.74, 6) is 0. The van der Waals surface area contributed by atoms with Crippen LogP contribution < -0.4 is 0 Å². The van der Waals surface area contributed by atoms with E-state index in [1.54, 1.807) is 0 Å². The number of fused-ring (bicyclic) bond motifs is 9. The molecule has 0 spiro atoms. The van der Waals surface area contributed by atoms with Crippen LogP contribution in [0.1, 0.15) is 77.9 Å². The largest absolute Gasteiger partial charge is 0.417 e. The molecule has 0 fully saturated rings. The first kappa shape index (κ1) is 95.7. The quantitative estimate of drug-likeness (QED) is 0.128. The van der Waals surface area contributed by atoms with E-state index < -0.39 is 285 Å². The summed E-state index contributed by atoms with van der Waals surface area (Å²) in [4.78, 5) is 0. The van der Waals surface area contributed by atoms with Crippen molar-refractivity contribution in [3.63, 3.8) is 0 Å². The Balaban J connectivity index is 1.04. The van der Waals surface area contributed by atoms with Crippen molar-refractivity contribution in [1.29, 1.82) is 10.5 Å². The van der Waals surface area contributed by atoms with Gasteiger partial charge in [0.2, 0.25) is 0 Å². The van der Waals surface area contributed by atoms with Crippen molar-refractivity contribution in [3.05, 3.63) is 327 Å². The van der Waals surface area contributed by atoms with Gasteiger partial charge < -0.3 is 13.7 Å². The number of hydrogen-bond donors (Lipinski definition) is 0. The molecule has 0 aliphatic carbocycles. The molecular formula is C98H41F36N5. The molecule has 0 aliphatic rings. The number of hydrogen-bond acceptors (Lipinski definition) is 2. The number of alkyl halides is 36. The normalized spacial score (nSPS) is 13.3. The summed E-state index contributed by atoms with van der Waals surface area (Å²) in [6.07, 6.45) is -66.8. The third-order valence-corrected chi connectivity index (χ3v) is 23.4. The van der Waals surface area contributed by atoms with Crippen molar-refractivity contribution in [2.24, 2.45) is 0 Å². The molecule has 0 saturated carbocycles. The second-order valence-electron chi connectivity index (χ2n) is 31.8. The molecule has 5 nitrogen and oxygen atoms in total. The fourth-order valence-corrected chi connectivity index (χ4v) is 17.4. The first-order valence-electron chi connectivity index (χ1n) is 39.5. The molecule has 14 aromatic carbocycles. The van der Waals surface area contributed by atoms with Gasteiger partial charge in [0.1, 0.15) is 11.6 Å². The summed E-state index contributed by atoms with van der Waals surface area (Å²) in [7, 11) is 0. The molecular weight excluding hydrogens is 1930 g/mol. The highest BCUT2D eigenvalue weighted by molar-refractivity contribution is 6.16. The minimum absolute atomic E-state index is 0.223. The highest BCUT2D eigenvalue weighted by atomic mass is 19.5. The number of halogens is 36. The smallest absolute Gasteiger partial charge is 0.309 e. The minimum Gasteiger partial charge on any atom is -0.309 e. The minimum atomic E-state index is -5.70. The molecule has 0 saturated heterocycles. The van der Waals surface area contributed by atoms with Crippen LogP contribution in [0.15, 0.2) is 249 Å². The van der Waals surface area contributed by atoms with E-state index in [-0.39, 0.29) is 100 Å². The number of aromatic nitrogens is 3. The SMILES string of the molecule is N#Cc1ccc(-n2c3ccc(-c4ccc(C(F)(F)F)cc4C(F)(F)F)cc3c3cc(-c4ccc(C(F)(F)F)cc4C(F)(F)F)ccc32)c(-c2cc(-n3c4ccc(-c5ccc(C(F)(F)F)cc5C(F)(F)F)cc4c4cc(-c5ccc(C(F)(F)F)cc5C(F)(F)F)ccc43)c(C#N)c(-n3c4ccc(-c5ccc(C(F)(F)F)cc5C(F)(F)F)cc4c4cc(-c5ccc(C(F)(F)F)cc5C(F)(F)F)ccc43)c2)c1. The van der Waals surface area contributed by atoms with Gasteiger partial charge in [0.25, 0.3) is 0 Å². The van der Waals surface area contributed by atoms with Gasteiger partial charge in [0.05, 0.1) is 129 Å². The standard InChI is InChI=1S/C98H41F36N5/c99-87(100,101)52-8-14-58(72(36-52)93(117,118)119)45-2-21-79-65(28-45)66-29-46(59-15-9-53(88(102,103)104)37-73(59)94(120,121)122)3-22-80(66)137(79)78-20-1-44(42-135)27-64(78)51-34-85(138-81-23-4-47(60-16-10-54(89(105,106)107)38-74(60)95(123,124)125)30-67(81)68-31-48(5-24-82(68)138)61-17-11-55(90(108,109)110)39-75(61)96(126,127)128)71(43-136)86(35-51)139-83-25-6-49(62-18-12-56(91(111,112)113)40-76(62)97(129,130)131)32-69(83)70-33-50(7-26-84(70)139)63-19-13-57(92(114,115)116)41-77(63)98(132,133)134/h1-41H. The molecule has 139 heavy (non-hydrogen) atoms. The second kappa shape index (κ2) is 32.3. The van der Waals surface area contributed by atoms with Crippen molar-refractivity contribution in [3.8, 4) is 107 Å². The number of benzene rings is 14. The van der Waals surface area contributed by atoms with Crippen LogP contribution in [0.4, 0.5) is 158 Å². The molecule has 3 aromatic heterocycles. The fraction of sp³-hybridized carbons (Fsp3) is 0.122. The summed E-state index contributed by atoms with van der Waals surface area (Å²) >= 11 is 0. The van der Waals surface area contributed by atoms with Gasteiger partial charge in [-0.15, -0.1) is 0 Å². The van der Waals surface area contributed by atoms with Crippen LogP contribution >= 0.6 is 0 Å². The van der Waals surface area contributed by atoms with Gasteiger partial charge in [0, 0.05) is 37.9 Å². The molecule has 0 N–H and O–H groups in total. The van der Waals surface area contributed by atoms with Crippen molar-refractivity contribution < 1.29 is 158 Å². The van der Waals surface area contributed by atoms with Crippen LogP contribution in [0, 0.1) is 22.7 Å². The Morgan fingerprint density at radius 2 is 0.360 bits per heavy atom. The molecule has 17 aromatic rings. The third kappa shape index (κ3) is 17.3. The Hall–Kier alpha value is -15.1. The Morgan fingerprint density at radius 3 is 0.532 bits per heavy atom. The summed E-state index contributed by atoms with van der Waals surface area (Å²) in [5.41, 5.74) is -39.3. The first-order valence-corrected chi connectivity index (χ1v) is 39.5. The maximum absolute atomic E-state index is 15.4. The molecule has 17 rings (SSSR count). The molecule has 0 aliphatic heterocycles. The van der Waals surface area contributed by atoms with Crippen LogP contribution in [-0.2, 0) is 74.1 Å². The molecule has 3 heterocycles. The zero-order valence-electron chi connectivity index (χ0n) is 68.0. The molecule has 0 atom stereocenters. The molecule has 710 valence electrons. The average Bonchev–Trinajstić information content (AvgIpc) is 1.55. The predicted molar refractivity (Wildman–Crippen MR) is 437 cm³/mol. The Kier molecular flexibility index (Phi) is 22.2. The molecule has 41 heteroatoms. The van der Waals surface area contributed by atoms with Gasteiger partial charge in [-0.3, -0.25) is 0 Å². The first-order chi connectivity index (χ1) is 64.4. The highest BCUT2D eigenvalue weighted by Crippen LogP contribution is 2.55. The van der Waals surface area contributed by atoms with Crippen molar-refractivity contribution >= 4 is 65.4 Å². The van der Waals surface area contributed by atoms with Gasteiger partial charge in [0.15, 0.2) is 0 Å². The summed E-state index contributed by atoms with van der Waals surface area (Å²) < 4.78 is 538. The van der Waals surface area contributed by atoms with E-state index in [0.29, 0.717) is 36.4 Å². The highest BCUT2D eigenvalue weighted by Gasteiger charge is 2.47. The van der Waals surface area contributed by atoms with E-state index in [2.05, 4.69) is 0 Å². The van der Waals surface area contributed by atoms with Gasteiger partial charge in [-0.2, -0.15) is 169 Å². The Bertz CT molecular complexity index is 7370. The van der Waals surface area contributed by atoms with Crippen LogP contribution in [-0.4, -0.2) is 13.7 Å². The monoisotopic (exact) mass is 1970 g/mol. The second-order valence-corrected chi connectivity index (χ2v) is 31.8. The van der Waals surface area contributed by atoms with Gasteiger partial charge in [-0.1, -0.05) is 72.8 Å². The molecule has 0 radical (unpaired) electrons. The van der Waals surface area contributed by atoms with E-state index in [1.165, 1.54) is 0 Å². The van der Waals surface area contributed by atoms with Crippen molar-refractivity contribution in [2.75, 3.05) is 0 Å². The molecule has 0 unspecified atom stereocenters. The maximum Gasteiger partial charge on any atom is 0.417 e. The lowest BCUT2D eigenvalue weighted by atomic mass is 9.94. The summed E-state index contributed by atoms with van der Waals surface area (Å²) in [5, 5.41) is 20.6. The van der Waals surface area contributed by atoms with Crippen LogP contribution in [0.3, 0.4) is 0 Å². The topological polar surface area (TPSA) is 62.4 Å². The zero-order chi connectivity index (χ0) is 101. The number of nitriles is 2. The van der Waals surface area contributed by atoms with Crippen LogP contribution in [0.5, 0.6) is 0 Å². The number of nitrogens with zero attached hydrogens (tertiary/aromatic N) is 5. The fourth-order valence-electron chi connectivity index (χ4n) is 17.4. The number of rotatable bonds is 10. The maximum atomic E-state index is 15.4. The lowest BCUT2D eigenvalue weighted by Gasteiger charge is -2.21. The van der Waals surface area contributed by atoms with Gasteiger partial charge >= 0.3 is 74.1 Å². The van der Waals surface area contributed by atoms with Crippen molar-refractivity contribution in [2.45, 2.75) is 74.1 Å². The summed E-state index contributed by atoms with van der Waals surface area (Å²) in [6.45, 7) is 0. The molecule has 0 amide bonds. The van der Waals surface area contributed by atoms with E-state index in [1.807, 2.05) is 12.1 Å². The van der Waals surface area contributed by atoms with E-state index in [0.717, 1.165) is 153 Å². The van der Waals surface area contributed by atoms with E-state index in [4.69, 9.17) is 0 Å². The van der Waals surface area contributed by atoms with Crippen molar-refractivity contribution in [1.82, 2.24) is 13.7 Å². The lowest BCUT2D eigenvalue weighted by Crippen LogP contribution is -2.12. The Labute approximate surface area is 752 Å². The van der Waals surface area contributed by atoms with Gasteiger partial charge in [-0.05, 0) is 248 Å². The summed E-state index contributed by atoms with van der Waals surface area (Å²) in [6, 6.07) is 27.2. The van der Waals surface area contributed by atoms with E-state index in [9.17, 15) is 89.6 Å². The Morgan fingerprint density at radius 1 is 0.165 bits per heavy atom. The van der Waals surface area contributed by atoms with Crippen LogP contribution in [0.2, 0.25) is 0 Å². The third-order valence-electron chi connectivity index (χ3n) is 23.4. The average molecular weight is 1970 g/mol. The predicted octanol–water partition coefficient (Wildman–Crippen LogP) is 34.6. The van der Waals surface area contributed by atoms with Crippen LogP contribution in [0.25, 0.3) is 160 Å². The molecule has 0 bridgehead atoms. The lowest BCUT2D eigenvalue weighted by molar-refractivity contribution is -0.144.